The third-order valence-electron chi connectivity index (χ3n) is 4.76. The minimum atomic E-state index is -0.153. The molecule has 2 aliphatic heterocycles. The number of hydrogen-bond acceptors (Lipinski definition) is 5. The highest BCUT2D eigenvalue weighted by Gasteiger charge is 2.30. The van der Waals surface area contributed by atoms with E-state index < -0.39 is 0 Å². The van der Waals surface area contributed by atoms with Crippen LogP contribution >= 0.6 is 0 Å². The molecule has 3 N–H and O–H groups in total. The van der Waals surface area contributed by atoms with Crippen LogP contribution in [0.15, 0.2) is 18.3 Å². The summed E-state index contributed by atoms with van der Waals surface area (Å²) < 4.78 is 0. The zero-order valence-electron chi connectivity index (χ0n) is 14.0. The third-order valence-corrected chi connectivity index (χ3v) is 4.76. The fraction of sp³-hybridized carbons (Fsp3) is 0.647. The van der Waals surface area contributed by atoms with E-state index in [1.807, 2.05) is 6.20 Å². The largest absolute Gasteiger partial charge is 0.357 e. The van der Waals surface area contributed by atoms with Crippen molar-refractivity contribution in [1.82, 2.24) is 21.2 Å². The van der Waals surface area contributed by atoms with Crippen molar-refractivity contribution in [1.29, 1.82) is 0 Å². The first-order chi connectivity index (χ1) is 11.1. The number of nitrogens with zero attached hydrogens (tertiary/aromatic N) is 2. The molecule has 2 atom stereocenters. The maximum absolute atomic E-state index is 12.2. The van der Waals surface area contributed by atoms with Gasteiger partial charge in [0.25, 0.3) is 0 Å². The van der Waals surface area contributed by atoms with Crippen LogP contribution < -0.4 is 21.1 Å². The van der Waals surface area contributed by atoms with Gasteiger partial charge < -0.3 is 10.2 Å². The summed E-state index contributed by atoms with van der Waals surface area (Å²) in [7, 11) is 0. The van der Waals surface area contributed by atoms with Crippen molar-refractivity contribution >= 4 is 11.7 Å². The van der Waals surface area contributed by atoms with Crippen molar-refractivity contribution in [2.45, 2.75) is 51.7 Å². The maximum atomic E-state index is 12.2. The summed E-state index contributed by atoms with van der Waals surface area (Å²) in [5.41, 5.74) is 7.32. The molecule has 2 aliphatic rings. The first kappa shape index (κ1) is 16.2. The Kier molecular flexibility index (Phi) is 5.13. The first-order valence-electron chi connectivity index (χ1n) is 8.62. The lowest BCUT2D eigenvalue weighted by atomic mass is 9.99. The average Bonchev–Trinajstić information content (AvgIpc) is 3.24. The van der Waals surface area contributed by atoms with Crippen LogP contribution in [0.2, 0.25) is 0 Å². The molecule has 1 aromatic heterocycles. The van der Waals surface area contributed by atoms with E-state index in [4.69, 9.17) is 0 Å². The summed E-state index contributed by atoms with van der Waals surface area (Å²) in [6.45, 7) is 7.04. The lowest BCUT2D eigenvalue weighted by Crippen LogP contribution is -2.43. The Balaban J connectivity index is 1.47. The lowest BCUT2D eigenvalue weighted by molar-refractivity contribution is -0.123. The van der Waals surface area contributed by atoms with Gasteiger partial charge >= 0.3 is 0 Å². The Bertz CT molecular complexity index is 524. The van der Waals surface area contributed by atoms with E-state index in [1.54, 1.807) is 0 Å². The fourth-order valence-corrected chi connectivity index (χ4v) is 3.16. The van der Waals surface area contributed by atoms with E-state index in [9.17, 15) is 4.79 Å². The summed E-state index contributed by atoms with van der Waals surface area (Å²) in [6.07, 6.45) is 5.19. The van der Waals surface area contributed by atoms with E-state index >= 15 is 0 Å². The van der Waals surface area contributed by atoms with Gasteiger partial charge in [0, 0.05) is 31.9 Å². The first-order valence-corrected chi connectivity index (χ1v) is 8.62. The third kappa shape index (κ3) is 4.00. The molecule has 3 rings (SSSR count). The predicted molar refractivity (Wildman–Crippen MR) is 90.8 cm³/mol. The second-order valence-electron chi connectivity index (χ2n) is 6.86. The number of hydrogen-bond donors (Lipinski definition) is 3. The average molecular weight is 317 g/mol. The van der Waals surface area contributed by atoms with Crippen LogP contribution in [0.5, 0.6) is 0 Å². The van der Waals surface area contributed by atoms with Crippen molar-refractivity contribution < 1.29 is 4.79 Å². The Morgan fingerprint density at radius 2 is 2.13 bits per heavy atom. The quantitative estimate of drug-likeness (QED) is 0.761. The van der Waals surface area contributed by atoms with E-state index in [0.29, 0.717) is 18.5 Å². The predicted octanol–water partition coefficient (Wildman–Crippen LogP) is 1.19. The zero-order valence-corrected chi connectivity index (χ0v) is 14.0. The van der Waals surface area contributed by atoms with Crippen LogP contribution in [0, 0.1) is 5.92 Å². The van der Waals surface area contributed by atoms with Crippen molar-refractivity contribution in [3.63, 3.8) is 0 Å². The molecule has 6 nitrogen and oxygen atoms in total. The highest BCUT2D eigenvalue weighted by Crippen LogP contribution is 2.17. The molecule has 0 bridgehead atoms. The number of anilines is 1. The number of carbonyl (C=O) groups excluding carboxylic acids is 1. The molecule has 126 valence electrons. The van der Waals surface area contributed by atoms with Crippen molar-refractivity contribution in [3.05, 3.63) is 23.9 Å². The fourth-order valence-electron chi connectivity index (χ4n) is 3.16. The number of aromatic nitrogens is 1. The molecule has 0 saturated carbocycles. The van der Waals surface area contributed by atoms with Crippen LogP contribution in [-0.4, -0.2) is 36.1 Å². The summed E-state index contributed by atoms with van der Waals surface area (Å²) in [5.74, 6) is 1.60. The van der Waals surface area contributed by atoms with Gasteiger partial charge in [-0.3, -0.25) is 10.2 Å². The van der Waals surface area contributed by atoms with Crippen molar-refractivity contribution in [2.24, 2.45) is 5.92 Å². The summed E-state index contributed by atoms with van der Waals surface area (Å²) in [6, 6.07) is 4.31. The van der Waals surface area contributed by atoms with Crippen LogP contribution in [0.4, 0.5) is 5.82 Å². The molecular formula is C17H27N5O. The van der Waals surface area contributed by atoms with Crippen molar-refractivity contribution in [3.8, 4) is 0 Å². The van der Waals surface area contributed by atoms with Crippen molar-refractivity contribution in [2.75, 3.05) is 18.0 Å². The Hall–Kier alpha value is -1.66. The molecule has 2 unspecified atom stereocenters. The number of nitrogens with one attached hydrogen (secondary N) is 3. The Morgan fingerprint density at radius 3 is 2.74 bits per heavy atom. The molecule has 2 saturated heterocycles. The minimum Gasteiger partial charge on any atom is -0.357 e. The van der Waals surface area contributed by atoms with Gasteiger partial charge in [0.15, 0.2) is 0 Å². The standard InChI is InChI=1S/C17H27N5O/c1-12(2)14-9-15(21-20-14)17(23)19-11-13-5-6-16(18-10-13)22-7-3-4-8-22/h5-6,10,12,14-15,20-21H,3-4,7-9,11H2,1-2H3,(H,19,23). The Labute approximate surface area is 138 Å². The smallest absolute Gasteiger partial charge is 0.238 e. The molecule has 0 aliphatic carbocycles. The molecular weight excluding hydrogens is 290 g/mol. The highest BCUT2D eigenvalue weighted by molar-refractivity contribution is 5.82. The van der Waals surface area contributed by atoms with Crippen LogP contribution in [-0.2, 0) is 11.3 Å². The molecule has 2 fully saturated rings. The van der Waals surface area contributed by atoms with Gasteiger partial charge in [0.2, 0.25) is 5.91 Å². The number of pyridine rings is 1. The number of amides is 1. The molecule has 1 aromatic rings. The highest BCUT2D eigenvalue weighted by atomic mass is 16.2. The summed E-state index contributed by atoms with van der Waals surface area (Å²) in [5, 5.41) is 2.99. The molecule has 0 aromatic carbocycles. The molecule has 0 radical (unpaired) electrons. The topological polar surface area (TPSA) is 69.3 Å². The molecule has 1 amide bonds. The molecule has 3 heterocycles. The van der Waals surface area contributed by atoms with E-state index in [1.165, 1.54) is 12.8 Å². The van der Waals surface area contributed by atoms with Crippen LogP contribution in [0.1, 0.15) is 38.7 Å². The SMILES string of the molecule is CC(C)C1CC(C(=O)NCc2ccc(N3CCCC3)nc2)NN1. The van der Waals surface area contributed by atoms with Gasteiger partial charge in [0.1, 0.15) is 11.9 Å². The molecule has 6 heteroatoms. The van der Waals surface area contributed by atoms with Crippen LogP contribution in [0.3, 0.4) is 0 Å². The minimum absolute atomic E-state index is 0.0456. The zero-order chi connectivity index (χ0) is 16.2. The monoisotopic (exact) mass is 317 g/mol. The van der Waals surface area contributed by atoms with Gasteiger partial charge in [0.05, 0.1) is 0 Å². The van der Waals surface area contributed by atoms with E-state index in [2.05, 4.69) is 52.0 Å². The molecule has 0 spiro atoms. The van der Waals surface area contributed by atoms with Crippen LogP contribution in [0.25, 0.3) is 0 Å². The van der Waals surface area contributed by atoms with E-state index in [-0.39, 0.29) is 11.9 Å². The van der Waals surface area contributed by atoms with Gasteiger partial charge in [-0.25, -0.2) is 10.4 Å². The van der Waals surface area contributed by atoms with Gasteiger partial charge in [-0.2, -0.15) is 0 Å². The molecule has 23 heavy (non-hydrogen) atoms. The van der Waals surface area contributed by atoms with Gasteiger partial charge in [-0.15, -0.1) is 0 Å². The normalized spacial score (nSPS) is 24.4. The second kappa shape index (κ2) is 7.27. The second-order valence-corrected chi connectivity index (χ2v) is 6.86. The maximum Gasteiger partial charge on any atom is 0.238 e. The summed E-state index contributed by atoms with van der Waals surface area (Å²) >= 11 is 0. The van der Waals surface area contributed by atoms with E-state index in [0.717, 1.165) is 30.9 Å². The lowest BCUT2D eigenvalue weighted by Gasteiger charge is -2.16. The Morgan fingerprint density at radius 1 is 1.35 bits per heavy atom. The van der Waals surface area contributed by atoms with Gasteiger partial charge in [-0.05, 0) is 36.8 Å². The number of rotatable bonds is 5. The summed E-state index contributed by atoms with van der Waals surface area (Å²) in [4.78, 5) is 19.0. The number of hydrazine groups is 1. The number of carbonyl (C=O) groups is 1. The van der Waals surface area contributed by atoms with Gasteiger partial charge in [-0.1, -0.05) is 19.9 Å².